The van der Waals surface area contributed by atoms with E-state index in [9.17, 15) is 24.9 Å². The van der Waals surface area contributed by atoms with Crippen molar-refractivity contribution >= 4 is 12.0 Å². The summed E-state index contributed by atoms with van der Waals surface area (Å²) in [5.41, 5.74) is -0.861. The number of aliphatic hydroxyl groups is 5. The average molecular weight is 295 g/mol. The van der Waals surface area contributed by atoms with Crippen molar-refractivity contribution in [1.29, 1.82) is 0 Å². The lowest BCUT2D eigenvalue weighted by Crippen LogP contribution is -2.53. The normalized spacial score (nSPS) is 17.8. The van der Waals surface area contributed by atoms with Crippen molar-refractivity contribution in [1.82, 2.24) is 5.32 Å². The third-order valence-corrected chi connectivity index (χ3v) is 2.15. The Morgan fingerprint density at radius 2 is 1.60 bits per heavy atom. The van der Waals surface area contributed by atoms with Crippen LogP contribution in [-0.2, 0) is 9.53 Å². The molecule has 0 aliphatic rings. The van der Waals surface area contributed by atoms with Crippen LogP contribution in [-0.4, -0.2) is 74.2 Å². The highest BCUT2D eigenvalue weighted by Crippen LogP contribution is 2.08. The molecule has 0 spiro atoms. The first-order valence-corrected chi connectivity index (χ1v) is 5.86. The Bertz CT molecular complexity index is 340. The molecule has 4 atom stereocenters. The van der Waals surface area contributed by atoms with Crippen LogP contribution in [0.4, 0.5) is 4.79 Å². The largest absolute Gasteiger partial charge is 0.444 e. The van der Waals surface area contributed by atoms with Crippen LogP contribution in [0.2, 0.25) is 0 Å². The zero-order valence-electron chi connectivity index (χ0n) is 11.5. The minimum absolute atomic E-state index is 0.861. The molecule has 20 heavy (non-hydrogen) atoms. The van der Waals surface area contributed by atoms with E-state index < -0.39 is 48.6 Å². The summed E-state index contributed by atoms with van der Waals surface area (Å²) < 4.78 is 4.75. The third kappa shape index (κ3) is 6.26. The van der Waals surface area contributed by atoms with E-state index in [4.69, 9.17) is 14.9 Å². The molecular weight excluding hydrogens is 274 g/mol. The average Bonchev–Trinajstić information content (AvgIpc) is 2.32. The van der Waals surface area contributed by atoms with Gasteiger partial charge in [0.1, 0.15) is 23.9 Å². The molecule has 9 heteroatoms. The summed E-state index contributed by atoms with van der Waals surface area (Å²) >= 11 is 0. The Balaban J connectivity index is 4.51. The maximum absolute atomic E-state index is 11.4. The lowest BCUT2D eigenvalue weighted by Gasteiger charge is -2.25. The van der Waals surface area contributed by atoms with Gasteiger partial charge in [-0.15, -0.1) is 0 Å². The van der Waals surface area contributed by atoms with Gasteiger partial charge in [-0.3, -0.25) is 10.1 Å². The monoisotopic (exact) mass is 295 g/mol. The number of ether oxygens (including phenoxy) is 1. The standard InChI is InChI=1S/C11H21NO8/c1-11(2,3)20-10(19)12-9(18)8(17)7(16)6(15)5(14)4-13/h5-8,13-17H,4H2,1-3H3,(H,12,18,19)/t5?,6-,7+,8-/m0/s1. The molecule has 6 N–H and O–H groups in total. The van der Waals surface area contributed by atoms with Gasteiger partial charge in [0.25, 0.3) is 5.91 Å². The van der Waals surface area contributed by atoms with E-state index >= 15 is 0 Å². The minimum atomic E-state index is -2.18. The van der Waals surface area contributed by atoms with Gasteiger partial charge in [-0.1, -0.05) is 0 Å². The molecule has 0 bridgehead atoms. The molecule has 2 amide bonds. The summed E-state index contributed by atoms with van der Waals surface area (Å²) in [6, 6.07) is 0. The molecular formula is C11H21NO8. The number of carbonyl (C=O) groups is 2. The van der Waals surface area contributed by atoms with Crippen LogP contribution >= 0.6 is 0 Å². The van der Waals surface area contributed by atoms with Crippen LogP contribution in [0.15, 0.2) is 0 Å². The van der Waals surface area contributed by atoms with Gasteiger partial charge in [0.15, 0.2) is 6.10 Å². The third-order valence-electron chi connectivity index (χ3n) is 2.15. The predicted octanol–water partition coefficient (Wildman–Crippen LogP) is -2.53. The summed E-state index contributed by atoms with van der Waals surface area (Å²) in [7, 11) is 0. The fourth-order valence-corrected chi connectivity index (χ4v) is 1.16. The highest BCUT2D eigenvalue weighted by molar-refractivity contribution is 5.94. The van der Waals surface area contributed by atoms with E-state index in [0.29, 0.717) is 0 Å². The van der Waals surface area contributed by atoms with Crippen LogP contribution in [0.25, 0.3) is 0 Å². The van der Waals surface area contributed by atoms with E-state index in [1.54, 1.807) is 26.1 Å². The molecule has 0 aromatic heterocycles. The molecule has 0 fully saturated rings. The van der Waals surface area contributed by atoms with Crippen LogP contribution in [0.1, 0.15) is 20.8 Å². The maximum Gasteiger partial charge on any atom is 0.414 e. The van der Waals surface area contributed by atoms with Crippen LogP contribution < -0.4 is 5.32 Å². The topological polar surface area (TPSA) is 157 Å². The molecule has 1 unspecified atom stereocenters. The lowest BCUT2D eigenvalue weighted by molar-refractivity contribution is -0.148. The highest BCUT2D eigenvalue weighted by atomic mass is 16.6. The van der Waals surface area contributed by atoms with Gasteiger partial charge in [-0.25, -0.2) is 4.79 Å². The second kappa shape index (κ2) is 7.50. The molecule has 0 saturated carbocycles. The number of nitrogens with one attached hydrogen (secondary N) is 1. The Kier molecular flexibility index (Phi) is 7.03. The van der Waals surface area contributed by atoms with Crippen LogP contribution in [0, 0.1) is 0 Å². The van der Waals surface area contributed by atoms with Crippen molar-refractivity contribution in [2.75, 3.05) is 6.61 Å². The van der Waals surface area contributed by atoms with Crippen LogP contribution in [0.5, 0.6) is 0 Å². The van der Waals surface area contributed by atoms with Crippen LogP contribution in [0.3, 0.4) is 0 Å². The summed E-state index contributed by atoms with van der Waals surface area (Å²) in [5.74, 6) is -1.31. The number of rotatable bonds is 5. The molecule has 0 aliphatic heterocycles. The second-order valence-electron chi connectivity index (χ2n) is 5.17. The number of hydrogen-bond donors (Lipinski definition) is 6. The van der Waals surface area contributed by atoms with Gasteiger partial charge in [0.05, 0.1) is 6.61 Å². The van der Waals surface area contributed by atoms with Crippen molar-refractivity contribution in [3.05, 3.63) is 0 Å². The molecule has 0 saturated heterocycles. The number of alkyl carbamates (subject to hydrolysis) is 1. The van der Waals surface area contributed by atoms with E-state index in [-0.39, 0.29) is 0 Å². The maximum atomic E-state index is 11.4. The first-order valence-electron chi connectivity index (χ1n) is 5.86. The van der Waals surface area contributed by atoms with Crippen molar-refractivity contribution in [2.45, 2.75) is 50.8 Å². The Hall–Kier alpha value is -1.26. The SMILES string of the molecule is CC(C)(C)OC(=O)NC(=O)[C@@H](O)[C@H](O)[C@@H](O)C(O)CO. The Morgan fingerprint density at radius 1 is 1.10 bits per heavy atom. The van der Waals surface area contributed by atoms with E-state index in [2.05, 4.69) is 0 Å². The van der Waals surface area contributed by atoms with Gasteiger partial charge in [0, 0.05) is 0 Å². The van der Waals surface area contributed by atoms with Gasteiger partial charge < -0.3 is 30.3 Å². The molecule has 9 nitrogen and oxygen atoms in total. The molecule has 0 heterocycles. The lowest BCUT2D eigenvalue weighted by atomic mass is 10.0. The van der Waals surface area contributed by atoms with Gasteiger partial charge in [-0.05, 0) is 20.8 Å². The van der Waals surface area contributed by atoms with Crippen molar-refractivity contribution < 1.29 is 39.9 Å². The zero-order valence-corrected chi connectivity index (χ0v) is 11.5. The fourth-order valence-electron chi connectivity index (χ4n) is 1.16. The second-order valence-corrected chi connectivity index (χ2v) is 5.17. The van der Waals surface area contributed by atoms with E-state index in [1.807, 2.05) is 0 Å². The first kappa shape index (κ1) is 18.7. The Morgan fingerprint density at radius 3 is 2.00 bits per heavy atom. The van der Waals surface area contributed by atoms with Crippen molar-refractivity contribution in [3.8, 4) is 0 Å². The molecule has 118 valence electrons. The summed E-state index contributed by atoms with van der Waals surface area (Å²) in [5, 5.41) is 47.5. The molecule has 0 rings (SSSR count). The number of amides is 2. The number of carbonyl (C=O) groups excluding carboxylic acids is 2. The fraction of sp³-hybridized carbons (Fsp3) is 0.818. The minimum Gasteiger partial charge on any atom is -0.444 e. The van der Waals surface area contributed by atoms with Crippen molar-refractivity contribution in [2.24, 2.45) is 0 Å². The van der Waals surface area contributed by atoms with E-state index in [0.717, 1.165) is 0 Å². The first-order chi connectivity index (χ1) is 8.99. The molecule has 0 aromatic rings. The van der Waals surface area contributed by atoms with Gasteiger partial charge >= 0.3 is 6.09 Å². The number of aliphatic hydroxyl groups excluding tert-OH is 5. The smallest absolute Gasteiger partial charge is 0.414 e. The molecule has 0 aromatic carbocycles. The molecule has 0 radical (unpaired) electrons. The Labute approximate surface area is 115 Å². The number of hydrogen-bond acceptors (Lipinski definition) is 8. The van der Waals surface area contributed by atoms with Gasteiger partial charge in [-0.2, -0.15) is 0 Å². The van der Waals surface area contributed by atoms with Gasteiger partial charge in [0.2, 0.25) is 0 Å². The summed E-state index contributed by atoms with van der Waals surface area (Å²) in [6.45, 7) is 3.80. The highest BCUT2D eigenvalue weighted by Gasteiger charge is 2.35. The zero-order chi connectivity index (χ0) is 16.1. The van der Waals surface area contributed by atoms with Crippen molar-refractivity contribution in [3.63, 3.8) is 0 Å². The summed E-state index contributed by atoms with van der Waals surface area (Å²) in [6.07, 6.45) is -9.10. The number of imide groups is 1. The molecule has 0 aliphatic carbocycles. The summed E-state index contributed by atoms with van der Waals surface area (Å²) in [4.78, 5) is 22.7. The quantitative estimate of drug-likeness (QED) is 0.324. The van der Waals surface area contributed by atoms with E-state index in [1.165, 1.54) is 0 Å². The predicted molar refractivity (Wildman–Crippen MR) is 65.5 cm³/mol.